The summed E-state index contributed by atoms with van der Waals surface area (Å²) in [5, 5.41) is 11.8. The first-order valence-corrected chi connectivity index (χ1v) is 17.3. The highest BCUT2D eigenvalue weighted by Gasteiger charge is 2.44. The summed E-state index contributed by atoms with van der Waals surface area (Å²) in [5.41, 5.74) is 0.685. The molecule has 3 aromatic carbocycles. The number of anilines is 1. The van der Waals surface area contributed by atoms with Crippen LogP contribution in [0.4, 0.5) is 5.95 Å². The van der Waals surface area contributed by atoms with Crippen LogP contribution in [-0.2, 0) is 34.2 Å². The van der Waals surface area contributed by atoms with Crippen molar-refractivity contribution < 1.29 is 43.2 Å². The van der Waals surface area contributed by atoms with Crippen LogP contribution in [0.5, 0.6) is 11.5 Å². The van der Waals surface area contributed by atoms with E-state index in [0.717, 1.165) is 16.7 Å². The van der Waals surface area contributed by atoms with Gasteiger partial charge in [-0.15, -0.1) is 0 Å². The molecule has 1 amide bonds. The summed E-state index contributed by atoms with van der Waals surface area (Å²) in [7, 11) is 3.17. The van der Waals surface area contributed by atoms with E-state index in [0.29, 0.717) is 11.5 Å². The largest absolute Gasteiger partial charge is 0.497 e. The minimum Gasteiger partial charge on any atom is -0.497 e. The number of aliphatic carboxylic acids is 1. The van der Waals surface area contributed by atoms with Gasteiger partial charge < -0.3 is 28.8 Å². The maximum absolute atomic E-state index is 13.0. The monoisotopic (exact) mass is 739 g/mol. The van der Waals surface area contributed by atoms with E-state index >= 15 is 0 Å². The maximum Gasteiger partial charge on any atom is 0.306 e. The van der Waals surface area contributed by atoms with Crippen molar-refractivity contribution in [3.8, 4) is 11.5 Å². The zero-order valence-electron chi connectivity index (χ0n) is 30.2. The van der Waals surface area contributed by atoms with Gasteiger partial charge in [-0.2, -0.15) is 4.98 Å². The van der Waals surface area contributed by atoms with Crippen molar-refractivity contribution in [3.63, 3.8) is 0 Å². The van der Waals surface area contributed by atoms with Gasteiger partial charge in [-0.05, 0) is 41.0 Å². The molecule has 1 saturated heterocycles. The number of amides is 1. The third-order valence-electron chi connectivity index (χ3n) is 9.15. The van der Waals surface area contributed by atoms with Gasteiger partial charge in [0.1, 0.15) is 35.5 Å². The van der Waals surface area contributed by atoms with Crippen LogP contribution >= 0.6 is 0 Å². The van der Waals surface area contributed by atoms with Crippen LogP contribution in [0.15, 0.2) is 90.0 Å². The average molecular weight is 740 g/mol. The normalized spacial score (nSPS) is 17.0. The number of rotatable bonds is 15. The molecule has 15 nitrogen and oxygen atoms in total. The number of aromatic nitrogens is 4. The topological polar surface area (TPSA) is 193 Å². The van der Waals surface area contributed by atoms with E-state index < -0.39 is 48.0 Å². The Labute approximate surface area is 310 Å². The second kappa shape index (κ2) is 16.3. The van der Waals surface area contributed by atoms with Crippen molar-refractivity contribution in [2.24, 2.45) is 5.92 Å². The predicted molar refractivity (Wildman–Crippen MR) is 195 cm³/mol. The molecule has 5 aromatic rings. The molecule has 2 aromatic heterocycles. The van der Waals surface area contributed by atoms with Crippen molar-refractivity contribution in [1.29, 1.82) is 0 Å². The zero-order chi connectivity index (χ0) is 38.4. The molecular weight excluding hydrogens is 698 g/mol. The fraction of sp³-hybridized carbons (Fsp3) is 0.333. The van der Waals surface area contributed by atoms with Gasteiger partial charge in [0.05, 0.1) is 40.0 Å². The molecular formula is C39H41N5O10. The van der Waals surface area contributed by atoms with Crippen molar-refractivity contribution >= 4 is 35.0 Å². The first-order valence-electron chi connectivity index (χ1n) is 17.3. The Kier molecular flexibility index (Phi) is 11.4. The summed E-state index contributed by atoms with van der Waals surface area (Å²) < 4.78 is 31.9. The lowest BCUT2D eigenvalue weighted by molar-refractivity contribution is -0.157. The summed E-state index contributed by atoms with van der Waals surface area (Å²) in [4.78, 5) is 60.8. The lowest BCUT2D eigenvalue weighted by Crippen LogP contribution is -2.39. The van der Waals surface area contributed by atoms with E-state index in [1.165, 1.54) is 10.9 Å². The van der Waals surface area contributed by atoms with Gasteiger partial charge in [0.2, 0.25) is 11.9 Å². The minimum atomic E-state index is -1.22. The Morgan fingerprint density at radius 1 is 0.944 bits per heavy atom. The number of nitrogens with one attached hydrogen (secondary N) is 2. The number of aromatic amines is 1. The smallest absolute Gasteiger partial charge is 0.306 e. The molecule has 1 aliphatic rings. The molecule has 54 heavy (non-hydrogen) atoms. The fourth-order valence-electron chi connectivity index (χ4n) is 6.32. The Hall–Kier alpha value is -6.06. The number of nitrogens with zero attached hydrogens (tertiary/aromatic N) is 3. The third kappa shape index (κ3) is 7.96. The van der Waals surface area contributed by atoms with E-state index in [2.05, 4.69) is 20.3 Å². The number of fused-ring (bicyclic) bond motifs is 1. The number of imidazole rings is 1. The average Bonchev–Trinajstić information content (AvgIpc) is 3.79. The third-order valence-corrected chi connectivity index (χ3v) is 9.15. The number of ether oxygens (including phenoxy) is 5. The van der Waals surface area contributed by atoms with Gasteiger partial charge in [-0.3, -0.25) is 34.0 Å². The Balaban J connectivity index is 1.39. The number of esters is 1. The van der Waals surface area contributed by atoms with Gasteiger partial charge in [0, 0.05) is 12.3 Å². The predicted octanol–water partition coefficient (Wildman–Crippen LogP) is 4.80. The minimum absolute atomic E-state index is 0.0120. The first kappa shape index (κ1) is 37.7. The summed E-state index contributed by atoms with van der Waals surface area (Å²) in [6, 6.07) is 24.6. The number of carbonyl (C=O) groups excluding carboxylic acids is 2. The molecule has 282 valence electrons. The van der Waals surface area contributed by atoms with Crippen LogP contribution in [0.3, 0.4) is 0 Å². The second-order valence-electron chi connectivity index (χ2n) is 13.0. The van der Waals surface area contributed by atoms with Gasteiger partial charge in [0.15, 0.2) is 11.2 Å². The van der Waals surface area contributed by atoms with Crippen LogP contribution in [0.2, 0.25) is 0 Å². The SMILES string of the molecule is COc1ccc(C(OC[C@@H]2O[C@H](n3cnc4c(=O)[nH]c(NC(=O)C(C)C)nc43)C[C@@H]2OC(=O)CCC(=O)O)(c2ccccc2)c2ccc(OC)cc2)cc1. The first-order chi connectivity index (χ1) is 26.0. The summed E-state index contributed by atoms with van der Waals surface area (Å²) in [6.07, 6.45) is -1.92. The van der Waals surface area contributed by atoms with Crippen LogP contribution in [0, 0.1) is 5.92 Å². The molecule has 0 saturated carbocycles. The lowest BCUT2D eigenvalue weighted by Gasteiger charge is -2.37. The second-order valence-corrected chi connectivity index (χ2v) is 13.0. The van der Waals surface area contributed by atoms with Gasteiger partial charge >= 0.3 is 11.9 Å². The van der Waals surface area contributed by atoms with Crippen molar-refractivity contribution in [3.05, 3.63) is 112 Å². The van der Waals surface area contributed by atoms with Gasteiger partial charge in [0.25, 0.3) is 5.56 Å². The van der Waals surface area contributed by atoms with Crippen molar-refractivity contribution in [2.75, 3.05) is 26.1 Å². The molecule has 0 spiro atoms. The lowest BCUT2D eigenvalue weighted by atomic mass is 9.80. The number of methoxy groups -OCH3 is 2. The summed E-state index contributed by atoms with van der Waals surface area (Å²) in [5.74, 6) is -1.34. The quantitative estimate of drug-likeness (QED) is 0.0983. The van der Waals surface area contributed by atoms with Crippen molar-refractivity contribution in [1.82, 2.24) is 19.5 Å². The number of carboxylic acid groups (broad SMARTS) is 1. The molecule has 3 heterocycles. The molecule has 6 rings (SSSR count). The Bertz CT molecular complexity index is 2100. The van der Waals surface area contributed by atoms with Crippen molar-refractivity contribution in [2.45, 2.75) is 57.1 Å². The number of hydrogen-bond acceptors (Lipinski definition) is 11. The number of hydrogen-bond donors (Lipinski definition) is 3. The van der Waals surface area contributed by atoms with Crippen LogP contribution in [0.25, 0.3) is 11.2 Å². The molecule has 0 radical (unpaired) electrons. The molecule has 15 heteroatoms. The van der Waals surface area contributed by atoms with Crippen LogP contribution in [0.1, 0.15) is 56.0 Å². The number of carbonyl (C=O) groups is 3. The number of H-pyrrole nitrogens is 1. The highest BCUT2D eigenvalue weighted by atomic mass is 16.6. The summed E-state index contributed by atoms with van der Waals surface area (Å²) in [6.45, 7) is 3.30. The summed E-state index contributed by atoms with van der Waals surface area (Å²) >= 11 is 0. The molecule has 0 bridgehead atoms. The molecule has 0 aliphatic carbocycles. The van der Waals surface area contributed by atoms with Gasteiger partial charge in [-0.1, -0.05) is 68.4 Å². The number of benzene rings is 3. The molecule has 1 fully saturated rings. The van der Waals surface area contributed by atoms with Crippen LogP contribution in [-0.4, -0.2) is 75.5 Å². The molecule has 3 atom stereocenters. The Morgan fingerprint density at radius 3 is 2.13 bits per heavy atom. The molecule has 1 aliphatic heterocycles. The van der Waals surface area contributed by atoms with E-state index in [-0.39, 0.29) is 48.4 Å². The standard InChI is InChI=1S/C39H41N5O10/c1-23(2)36(48)42-38-41-35-34(37(49)43-38)40-22-44(35)31-20-29(54-33(47)19-18-32(45)46)30(53-31)21-52-39(24-8-6-5-7-9-24,25-10-14-27(50-3)15-11-25)26-12-16-28(51-4)17-13-26/h5-17,22-23,29-31H,18-21H2,1-4H3,(H,45,46)(H2,41,42,43,48,49)/t29-,30-,31-/m0/s1. The van der Waals surface area contributed by atoms with E-state index in [1.54, 1.807) is 28.1 Å². The van der Waals surface area contributed by atoms with E-state index in [4.69, 9.17) is 23.7 Å². The maximum atomic E-state index is 13.0. The number of carboxylic acids is 1. The zero-order valence-corrected chi connectivity index (χ0v) is 30.2. The molecule has 3 N–H and O–H groups in total. The fourth-order valence-corrected chi connectivity index (χ4v) is 6.32. The highest BCUT2D eigenvalue weighted by molar-refractivity contribution is 5.91. The van der Waals surface area contributed by atoms with Crippen LogP contribution < -0.4 is 20.3 Å². The van der Waals surface area contributed by atoms with E-state index in [9.17, 15) is 24.3 Å². The molecule has 0 unspecified atom stereocenters. The van der Waals surface area contributed by atoms with Gasteiger partial charge in [-0.25, -0.2) is 4.98 Å². The van der Waals surface area contributed by atoms with E-state index in [1.807, 2.05) is 78.9 Å². The highest BCUT2D eigenvalue weighted by Crippen LogP contribution is 2.43. The Morgan fingerprint density at radius 2 is 1.56 bits per heavy atom.